The molecule has 0 saturated carbocycles. The van der Waals surface area contributed by atoms with Crippen molar-refractivity contribution in [1.82, 2.24) is 14.3 Å². The molecule has 108 valence electrons. The average molecular weight is 297 g/mol. The number of hydrogen-bond acceptors (Lipinski definition) is 3. The predicted octanol–water partition coefficient (Wildman–Crippen LogP) is 3.78. The number of thioether (sulfide) groups is 1. The van der Waals surface area contributed by atoms with E-state index >= 15 is 0 Å². The van der Waals surface area contributed by atoms with E-state index in [2.05, 4.69) is 71.0 Å². The molecule has 21 heavy (non-hydrogen) atoms. The highest BCUT2D eigenvalue weighted by Crippen LogP contribution is 2.26. The number of aromatic nitrogens is 2. The van der Waals surface area contributed by atoms with Gasteiger partial charge in [-0.05, 0) is 44.6 Å². The Morgan fingerprint density at radius 2 is 1.86 bits per heavy atom. The van der Waals surface area contributed by atoms with Crippen molar-refractivity contribution in [3.8, 4) is 11.3 Å². The molecule has 4 heteroatoms. The molecule has 0 aliphatic rings. The maximum absolute atomic E-state index is 4.58. The summed E-state index contributed by atoms with van der Waals surface area (Å²) in [6.45, 7) is 0.920. The van der Waals surface area contributed by atoms with E-state index < -0.39 is 0 Å². The average Bonchev–Trinajstić information content (AvgIpc) is 2.90. The van der Waals surface area contributed by atoms with Gasteiger partial charge in [-0.3, -0.25) is 4.98 Å². The topological polar surface area (TPSA) is 20.5 Å². The fourth-order valence-electron chi connectivity index (χ4n) is 2.52. The number of fused-ring (bicyclic) bond motifs is 1. The molecule has 2 aromatic heterocycles. The van der Waals surface area contributed by atoms with Crippen LogP contribution in [0.5, 0.6) is 0 Å². The van der Waals surface area contributed by atoms with Crippen LogP contribution in [0.15, 0.2) is 53.7 Å². The molecule has 2 heterocycles. The van der Waals surface area contributed by atoms with Crippen molar-refractivity contribution in [2.75, 3.05) is 20.4 Å². The number of hydrogen-bond donors (Lipinski definition) is 0. The normalized spacial score (nSPS) is 11.4. The largest absolute Gasteiger partial charge is 0.316 e. The molecule has 0 bridgehead atoms. The summed E-state index contributed by atoms with van der Waals surface area (Å²) in [5.41, 5.74) is 4.63. The van der Waals surface area contributed by atoms with Crippen LogP contribution in [0, 0.1) is 0 Å². The zero-order valence-corrected chi connectivity index (χ0v) is 13.4. The summed E-state index contributed by atoms with van der Waals surface area (Å²) in [6, 6.07) is 12.9. The van der Waals surface area contributed by atoms with Crippen LogP contribution in [0.1, 0.15) is 5.69 Å². The predicted molar refractivity (Wildman–Crippen MR) is 89.8 cm³/mol. The van der Waals surface area contributed by atoms with E-state index in [1.807, 2.05) is 12.4 Å². The molecule has 1 aromatic carbocycles. The van der Waals surface area contributed by atoms with Crippen LogP contribution < -0.4 is 0 Å². The third kappa shape index (κ3) is 2.82. The second-order valence-corrected chi connectivity index (χ2v) is 6.20. The third-order valence-electron chi connectivity index (χ3n) is 3.51. The molecule has 0 spiro atoms. The summed E-state index contributed by atoms with van der Waals surface area (Å²) in [5, 5.41) is 0. The number of nitrogens with zero attached hydrogens (tertiary/aromatic N) is 3. The van der Waals surface area contributed by atoms with Crippen molar-refractivity contribution < 1.29 is 0 Å². The first-order valence-electron chi connectivity index (χ1n) is 6.93. The van der Waals surface area contributed by atoms with Crippen molar-refractivity contribution in [3.63, 3.8) is 0 Å². The van der Waals surface area contributed by atoms with Gasteiger partial charge in [-0.1, -0.05) is 12.1 Å². The number of benzene rings is 1. The molecule has 0 unspecified atom stereocenters. The van der Waals surface area contributed by atoms with Crippen LogP contribution in [-0.2, 0) is 6.54 Å². The Morgan fingerprint density at radius 1 is 1.10 bits per heavy atom. The number of rotatable bonds is 4. The summed E-state index contributed by atoms with van der Waals surface area (Å²) in [7, 11) is 4.17. The van der Waals surface area contributed by atoms with Gasteiger partial charge in [-0.25, -0.2) is 0 Å². The van der Waals surface area contributed by atoms with Gasteiger partial charge in [0.1, 0.15) is 0 Å². The fraction of sp³-hybridized carbons (Fsp3) is 0.235. The first-order valence-corrected chi connectivity index (χ1v) is 8.15. The standard InChI is InChI=1S/C17H19N3S/c1-19(2)12-14-6-9-16-17(18-10-11-20(14)16)13-4-7-15(21-3)8-5-13/h4-11H,12H2,1-3H3. The summed E-state index contributed by atoms with van der Waals surface area (Å²) in [4.78, 5) is 8.03. The molecule has 0 aliphatic heterocycles. The van der Waals surface area contributed by atoms with Crippen LogP contribution >= 0.6 is 11.8 Å². The SMILES string of the molecule is CSc1ccc(-c2nccn3c(CN(C)C)ccc23)cc1. The highest BCUT2D eigenvalue weighted by molar-refractivity contribution is 7.98. The minimum Gasteiger partial charge on any atom is -0.316 e. The Hall–Kier alpha value is -1.78. The zero-order valence-electron chi connectivity index (χ0n) is 12.6. The molecule has 0 atom stereocenters. The van der Waals surface area contributed by atoms with E-state index in [1.54, 1.807) is 11.8 Å². The van der Waals surface area contributed by atoms with Gasteiger partial charge in [-0.2, -0.15) is 0 Å². The van der Waals surface area contributed by atoms with E-state index in [9.17, 15) is 0 Å². The van der Waals surface area contributed by atoms with E-state index in [0.717, 1.165) is 23.3 Å². The van der Waals surface area contributed by atoms with Gasteiger partial charge in [0.25, 0.3) is 0 Å². The summed E-state index contributed by atoms with van der Waals surface area (Å²) in [5.74, 6) is 0. The van der Waals surface area contributed by atoms with Gasteiger partial charge in [0.05, 0.1) is 11.2 Å². The first kappa shape index (κ1) is 14.2. The Morgan fingerprint density at radius 3 is 2.52 bits per heavy atom. The molecule has 3 nitrogen and oxygen atoms in total. The lowest BCUT2D eigenvalue weighted by molar-refractivity contribution is 0.395. The molecule has 0 fully saturated rings. The Bertz CT molecular complexity index is 744. The van der Waals surface area contributed by atoms with Crippen molar-refractivity contribution in [3.05, 3.63) is 54.5 Å². The van der Waals surface area contributed by atoms with Gasteiger partial charge in [0, 0.05) is 35.1 Å². The molecule has 0 aliphatic carbocycles. The second kappa shape index (κ2) is 5.92. The van der Waals surface area contributed by atoms with E-state index in [-0.39, 0.29) is 0 Å². The van der Waals surface area contributed by atoms with Gasteiger partial charge in [0.15, 0.2) is 0 Å². The monoisotopic (exact) mass is 297 g/mol. The lowest BCUT2D eigenvalue weighted by Crippen LogP contribution is -2.12. The first-order chi connectivity index (χ1) is 10.2. The maximum Gasteiger partial charge on any atom is 0.0942 e. The molecular weight excluding hydrogens is 278 g/mol. The second-order valence-electron chi connectivity index (χ2n) is 5.32. The molecule has 0 radical (unpaired) electrons. The molecule has 0 amide bonds. The van der Waals surface area contributed by atoms with Crippen molar-refractivity contribution in [2.45, 2.75) is 11.4 Å². The molecule has 0 N–H and O–H groups in total. The summed E-state index contributed by atoms with van der Waals surface area (Å²) >= 11 is 1.76. The smallest absolute Gasteiger partial charge is 0.0942 e. The van der Waals surface area contributed by atoms with E-state index in [1.165, 1.54) is 10.6 Å². The Balaban J connectivity index is 2.08. The van der Waals surface area contributed by atoms with Gasteiger partial charge in [-0.15, -0.1) is 11.8 Å². The lowest BCUT2D eigenvalue weighted by atomic mass is 10.1. The lowest BCUT2D eigenvalue weighted by Gasteiger charge is -2.11. The molecule has 3 rings (SSSR count). The zero-order chi connectivity index (χ0) is 14.8. The minimum absolute atomic E-state index is 0.920. The molecule has 3 aromatic rings. The molecular formula is C17H19N3S. The van der Waals surface area contributed by atoms with Crippen LogP contribution in [0.3, 0.4) is 0 Å². The van der Waals surface area contributed by atoms with Crippen LogP contribution in [0.4, 0.5) is 0 Å². The highest BCUT2D eigenvalue weighted by atomic mass is 32.2. The molecule has 0 saturated heterocycles. The third-order valence-corrected chi connectivity index (χ3v) is 4.25. The van der Waals surface area contributed by atoms with Crippen LogP contribution in [0.25, 0.3) is 16.8 Å². The quantitative estimate of drug-likeness (QED) is 0.684. The van der Waals surface area contributed by atoms with Gasteiger partial charge >= 0.3 is 0 Å². The minimum atomic E-state index is 0.920. The summed E-state index contributed by atoms with van der Waals surface area (Å²) < 4.78 is 2.23. The Kier molecular flexibility index (Phi) is 3.99. The van der Waals surface area contributed by atoms with E-state index in [4.69, 9.17) is 0 Å². The fourth-order valence-corrected chi connectivity index (χ4v) is 2.93. The van der Waals surface area contributed by atoms with Crippen molar-refractivity contribution in [1.29, 1.82) is 0 Å². The Labute approximate surface area is 129 Å². The van der Waals surface area contributed by atoms with Gasteiger partial charge in [0.2, 0.25) is 0 Å². The highest BCUT2D eigenvalue weighted by Gasteiger charge is 2.09. The summed E-state index contributed by atoms with van der Waals surface area (Å²) in [6.07, 6.45) is 6.01. The van der Waals surface area contributed by atoms with Crippen molar-refractivity contribution >= 4 is 17.3 Å². The van der Waals surface area contributed by atoms with Crippen LogP contribution in [-0.4, -0.2) is 34.6 Å². The van der Waals surface area contributed by atoms with Crippen molar-refractivity contribution in [2.24, 2.45) is 0 Å². The van der Waals surface area contributed by atoms with E-state index in [0.29, 0.717) is 0 Å². The van der Waals surface area contributed by atoms with Gasteiger partial charge < -0.3 is 9.30 Å². The maximum atomic E-state index is 4.58. The van der Waals surface area contributed by atoms with Crippen LogP contribution in [0.2, 0.25) is 0 Å².